The van der Waals surface area contributed by atoms with Crippen molar-refractivity contribution in [3.63, 3.8) is 0 Å². The highest BCUT2D eigenvalue weighted by Crippen LogP contribution is 2.27. The summed E-state index contributed by atoms with van der Waals surface area (Å²) in [6.07, 6.45) is 9.92. The lowest BCUT2D eigenvalue weighted by atomic mass is 10.0. The second kappa shape index (κ2) is 6.98. The van der Waals surface area contributed by atoms with E-state index in [4.69, 9.17) is 4.74 Å². The summed E-state index contributed by atoms with van der Waals surface area (Å²) in [5.74, 6) is 1.77. The Hall–Kier alpha value is -1.81. The number of rotatable bonds is 4. The van der Waals surface area contributed by atoms with Crippen LogP contribution in [0.5, 0.6) is 5.75 Å². The van der Waals surface area contributed by atoms with E-state index in [2.05, 4.69) is 9.88 Å². The molecule has 1 aromatic heterocycles. The van der Waals surface area contributed by atoms with Gasteiger partial charge in [-0.25, -0.2) is 0 Å². The molecule has 0 amide bonds. The number of aromatic nitrogens is 1. The zero-order chi connectivity index (χ0) is 16.4. The monoisotopic (exact) mass is 326 g/mol. The van der Waals surface area contributed by atoms with Crippen LogP contribution in [0.1, 0.15) is 38.5 Å². The van der Waals surface area contributed by atoms with Gasteiger partial charge in [0, 0.05) is 24.7 Å². The third-order valence-electron chi connectivity index (χ3n) is 5.50. The zero-order valence-corrected chi connectivity index (χ0v) is 14.2. The van der Waals surface area contributed by atoms with Crippen LogP contribution in [0.3, 0.4) is 0 Å². The number of hydrogen-bond acceptors (Lipinski definition) is 3. The fourth-order valence-electron chi connectivity index (χ4n) is 4.27. The highest BCUT2D eigenvalue weighted by atomic mass is 16.5. The van der Waals surface area contributed by atoms with E-state index in [1.54, 1.807) is 6.20 Å². The number of ether oxygens (including phenoxy) is 1. The summed E-state index contributed by atoms with van der Waals surface area (Å²) >= 11 is 0. The van der Waals surface area contributed by atoms with Gasteiger partial charge in [-0.2, -0.15) is 0 Å². The van der Waals surface area contributed by atoms with E-state index in [0.29, 0.717) is 0 Å². The molecule has 1 saturated carbocycles. The molecule has 1 aliphatic carbocycles. The molecule has 1 unspecified atom stereocenters. The van der Waals surface area contributed by atoms with Gasteiger partial charge in [0.2, 0.25) is 0 Å². The minimum atomic E-state index is -0.0422. The smallest absolute Gasteiger partial charge is 0.255 e. The highest BCUT2D eigenvalue weighted by molar-refractivity contribution is 5.82. The maximum absolute atomic E-state index is 11.8. The van der Waals surface area contributed by atoms with Gasteiger partial charge in [0.15, 0.2) is 0 Å². The molecule has 1 atom stereocenters. The van der Waals surface area contributed by atoms with Crippen LogP contribution in [-0.2, 0) is 0 Å². The van der Waals surface area contributed by atoms with Gasteiger partial charge in [-0.15, -0.1) is 0 Å². The quantitative estimate of drug-likeness (QED) is 0.934. The first-order valence-corrected chi connectivity index (χ1v) is 9.28. The zero-order valence-electron chi connectivity index (χ0n) is 14.2. The van der Waals surface area contributed by atoms with E-state index in [1.165, 1.54) is 45.2 Å². The van der Waals surface area contributed by atoms with Crippen LogP contribution in [0, 0.1) is 5.92 Å². The third kappa shape index (κ3) is 3.48. The number of nitrogens with zero attached hydrogens (tertiary/aromatic N) is 1. The average Bonchev–Trinajstić information content (AvgIpc) is 3.08. The number of pyridine rings is 1. The fraction of sp³-hybridized carbons (Fsp3) is 0.550. The van der Waals surface area contributed by atoms with Gasteiger partial charge in [-0.1, -0.05) is 12.8 Å². The van der Waals surface area contributed by atoms with Crippen molar-refractivity contribution in [3.05, 3.63) is 40.8 Å². The molecule has 128 valence electrons. The second-order valence-corrected chi connectivity index (χ2v) is 7.35. The van der Waals surface area contributed by atoms with Gasteiger partial charge in [-0.05, 0) is 67.8 Å². The summed E-state index contributed by atoms with van der Waals surface area (Å²) in [6, 6.07) is 7.70. The Morgan fingerprint density at radius 1 is 1.12 bits per heavy atom. The molecular formula is C20H26N2O2. The Morgan fingerprint density at radius 2 is 2.00 bits per heavy atom. The molecule has 0 spiro atoms. The van der Waals surface area contributed by atoms with E-state index in [-0.39, 0.29) is 11.7 Å². The molecule has 2 heterocycles. The molecule has 2 aliphatic rings. The van der Waals surface area contributed by atoms with Crippen LogP contribution < -0.4 is 10.3 Å². The van der Waals surface area contributed by atoms with Crippen molar-refractivity contribution in [2.24, 2.45) is 5.92 Å². The first-order valence-electron chi connectivity index (χ1n) is 9.28. The summed E-state index contributed by atoms with van der Waals surface area (Å²) in [6.45, 7) is 3.49. The van der Waals surface area contributed by atoms with Crippen molar-refractivity contribution in [1.29, 1.82) is 0 Å². The van der Waals surface area contributed by atoms with Gasteiger partial charge >= 0.3 is 0 Å². The Kier molecular flexibility index (Phi) is 4.56. The molecule has 1 saturated heterocycles. The molecule has 4 nitrogen and oxygen atoms in total. The Bertz CT molecular complexity index is 749. The largest absolute Gasteiger partial charge is 0.489 e. The molecule has 4 rings (SSSR count). The number of aromatic amines is 1. The predicted octanol–water partition coefficient (Wildman–Crippen LogP) is 3.56. The van der Waals surface area contributed by atoms with Crippen LogP contribution in [0.4, 0.5) is 0 Å². The van der Waals surface area contributed by atoms with Crippen molar-refractivity contribution in [3.8, 4) is 5.75 Å². The molecule has 0 bridgehead atoms. The number of benzene rings is 1. The van der Waals surface area contributed by atoms with Gasteiger partial charge in [0.1, 0.15) is 11.9 Å². The number of H-pyrrole nitrogens is 1. The van der Waals surface area contributed by atoms with E-state index in [1.807, 2.05) is 24.3 Å². The lowest BCUT2D eigenvalue weighted by molar-refractivity contribution is 0.0791. The molecule has 0 radical (unpaired) electrons. The topological polar surface area (TPSA) is 45.3 Å². The van der Waals surface area contributed by atoms with Gasteiger partial charge < -0.3 is 9.72 Å². The van der Waals surface area contributed by atoms with Crippen molar-refractivity contribution in [1.82, 2.24) is 9.88 Å². The van der Waals surface area contributed by atoms with E-state index in [9.17, 15) is 4.79 Å². The molecule has 1 aromatic carbocycles. The molecule has 24 heavy (non-hydrogen) atoms. The SMILES string of the molecule is O=c1[nH]ccc2cc(OC3CCCN(CC4CCCC4)C3)ccc12. The van der Waals surface area contributed by atoms with Crippen LogP contribution >= 0.6 is 0 Å². The first-order chi connectivity index (χ1) is 11.8. The van der Waals surface area contributed by atoms with Crippen LogP contribution in [0.2, 0.25) is 0 Å². The summed E-state index contributed by atoms with van der Waals surface area (Å²) in [4.78, 5) is 17.1. The maximum atomic E-state index is 11.8. The van der Waals surface area contributed by atoms with Crippen LogP contribution in [0.25, 0.3) is 10.8 Å². The molecule has 4 heteroatoms. The van der Waals surface area contributed by atoms with Gasteiger partial charge in [0.05, 0.1) is 0 Å². The fourth-order valence-corrected chi connectivity index (χ4v) is 4.27. The number of piperidine rings is 1. The van der Waals surface area contributed by atoms with Crippen molar-refractivity contribution >= 4 is 10.8 Å². The minimum Gasteiger partial charge on any atom is -0.489 e. The normalized spacial score (nSPS) is 22.9. The predicted molar refractivity (Wildman–Crippen MR) is 96.6 cm³/mol. The molecular weight excluding hydrogens is 300 g/mol. The van der Waals surface area contributed by atoms with Crippen LogP contribution in [0.15, 0.2) is 35.3 Å². The second-order valence-electron chi connectivity index (χ2n) is 7.35. The third-order valence-corrected chi connectivity index (χ3v) is 5.50. The van der Waals surface area contributed by atoms with Gasteiger partial charge in [0.25, 0.3) is 5.56 Å². The lowest BCUT2D eigenvalue weighted by Gasteiger charge is -2.34. The number of hydrogen-bond donors (Lipinski definition) is 1. The number of fused-ring (bicyclic) bond motifs is 1. The molecule has 1 aliphatic heterocycles. The van der Waals surface area contributed by atoms with Crippen molar-refractivity contribution < 1.29 is 4.74 Å². The molecule has 1 N–H and O–H groups in total. The Balaban J connectivity index is 1.41. The molecule has 2 fully saturated rings. The molecule has 2 aromatic rings. The van der Waals surface area contributed by atoms with Crippen molar-refractivity contribution in [2.45, 2.75) is 44.6 Å². The Labute approximate surface area is 142 Å². The standard InChI is InChI=1S/C20H26N2O2/c23-20-19-8-7-17(12-16(19)9-10-21-20)24-18-6-3-11-22(14-18)13-15-4-1-2-5-15/h7-10,12,15,18H,1-6,11,13-14H2,(H,21,23). The summed E-state index contributed by atoms with van der Waals surface area (Å²) in [7, 11) is 0. The average molecular weight is 326 g/mol. The summed E-state index contributed by atoms with van der Waals surface area (Å²) < 4.78 is 6.24. The lowest BCUT2D eigenvalue weighted by Crippen LogP contribution is -2.42. The van der Waals surface area contributed by atoms with E-state index < -0.39 is 0 Å². The first kappa shape index (κ1) is 15.7. The summed E-state index contributed by atoms with van der Waals surface area (Å²) in [5, 5.41) is 1.66. The highest BCUT2D eigenvalue weighted by Gasteiger charge is 2.25. The van der Waals surface area contributed by atoms with Crippen LogP contribution in [-0.4, -0.2) is 35.6 Å². The van der Waals surface area contributed by atoms with Crippen molar-refractivity contribution in [2.75, 3.05) is 19.6 Å². The van der Waals surface area contributed by atoms with E-state index in [0.717, 1.165) is 35.4 Å². The van der Waals surface area contributed by atoms with E-state index >= 15 is 0 Å². The number of nitrogens with one attached hydrogen (secondary N) is 1. The minimum absolute atomic E-state index is 0.0422. The number of likely N-dealkylation sites (tertiary alicyclic amines) is 1. The van der Waals surface area contributed by atoms with Gasteiger partial charge in [-0.3, -0.25) is 9.69 Å². The Morgan fingerprint density at radius 3 is 2.88 bits per heavy atom. The maximum Gasteiger partial charge on any atom is 0.255 e. The summed E-state index contributed by atoms with van der Waals surface area (Å²) in [5.41, 5.74) is -0.0422.